The largest absolute Gasteiger partial charge is 0.493 e. The van der Waals surface area contributed by atoms with Crippen LogP contribution in [0.3, 0.4) is 0 Å². The average Bonchev–Trinajstić information content (AvgIpc) is 2.92. The Labute approximate surface area is 263 Å². The van der Waals surface area contributed by atoms with Crippen LogP contribution in [0.25, 0.3) is 0 Å². The Morgan fingerprint density at radius 2 is 1.64 bits per heavy atom. The van der Waals surface area contributed by atoms with Crippen molar-refractivity contribution in [3.05, 3.63) is 23.8 Å². The van der Waals surface area contributed by atoms with Crippen molar-refractivity contribution < 1.29 is 38.4 Å². The molecule has 0 spiro atoms. The lowest BCUT2D eigenvalue weighted by Crippen LogP contribution is -2.48. The second-order valence-electron chi connectivity index (χ2n) is 13.5. The Balaban J connectivity index is 3.14. The van der Waals surface area contributed by atoms with Crippen LogP contribution in [0.2, 0.25) is 0 Å². The second kappa shape index (κ2) is 18.0. The van der Waals surface area contributed by atoms with Crippen LogP contribution in [0.5, 0.6) is 11.5 Å². The molecule has 0 saturated heterocycles. The van der Waals surface area contributed by atoms with Gasteiger partial charge in [-0.25, -0.2) is 4.79 Å². The van der Waals surface area contributed by atoms with Gasteiger partial charge in [-0.1, -0.05) is 26.8 Å². The first-order valence-corrected chi connectivity index (χ1v) is 15.4. The monoisotopic (exact) mass is 623 g/mol. The summed E-state index contributed by atoms with van der Waals surface area (Å²) in [6.45, 7) is 15.7. The molecule has 5 N–H and O–H groups in total. The molecule has 4 atom stereocenters. The number of benzene rings is 1. The van der Waals surface area contributed by atoms with E-state index in [0.717, 1.165) is 12.0 Å². The van der Waals surface area contributed by atoms with Gasteiger partial charge in [0, 0.05) is 32.6 Å². The molecule has 3 amide bonds. The molecule has 0 aliphatic heterocycles. The number of rotatable bonds is 19. The van der Waals surface area contributed by atoms with Gasteiger partial charge >= 0.3 is 6.09 Å². The lowest BCUT2D eigenvalue weighted by atomic mass is 9.82. The molecule has 0 radical (unpaired) electrons. The van der Waals surface area contributed by atoms with Gasteiger partial charge in [0.2, 0.25) is 11.8 Å². The molecule has 0 fully saturated rings. The molecule has 11 nitrogen and oxygen atoms in total. The third-order valence-corrected chi connectivity index (χ3v) is 7.56. The summed E-state index contributed by atoms with van der Waals surface area (Å²) in [5.74, 6) is 0.119. The van der Waals surface area contributed by atoms with Crippen LogP contribution in [-0.4, -0.2) is 74.7 Å². The molecule has 0 heterocycles. The van der Waals surface area contributed by atoms with E-state index < -0.39 is 41.1 Å². The number of hydrogen-bond donors (Lipinski definition) is 4. The first-order chi connectivity index (χ1) is 20.4. The number of nitrogens with two attached hydrogens (primary N) is 1. The van der Waals surface area contributed by atoms with Gasteiger partial charge in [0.1, 0.15) is 5.60 Å². The number of carbonyl (C=O) groups excluding carboxylic acids is 3. The Kier molecular flexibility index (Phi) is 16.0. The van der Waals surface area contributed by atoms with Crippen molar-refractivity contribution in [3.8, 4) is 11.5 Å². The van der Waals surface area contributed by atoms with Crippen molar-refractivity contribution in [2.45, 2.75) is 98.8 Å². The maximum atomic E-state index is 12.8. The quantitative estimate of drug-likeness (QED) is 0.167. The van der Waals surface area contributed by atoms with Crippen LogP contribution in [0.1, 0.15) is 80.2 Å². The van der Waals surface area contributed by atoms with Crippen LogP contribution in [-0.2, 0) is 25.5 Å². The van der Waals surface area contributed by atoms with Crippen molar-refractivity contribution in [2.24, 2.45) is 28.9 Å². The number of nitrogens with one attached hydrogen (secondary N) is 2. The Hall–Kier alpha value is -3.05. The molecule has 0 aromatic heterocycles. The summed E-state index contributed by atoms with van der Waals surface area (Å²) in [5, 5.41) is 17.0. The molecule has 252 valence electrons. The number of aliphatic hydroxyl groups excluding tert-OH is 1. The minimum atomic E-state index is -1.04. The summed E-state index contributed by atoms with van der Waals surface area (Å²) in [4.78, 5) is 37.3. The lowest BCUT2D eigenvalue weighted by molar-refractivity contribution is -0.128. The number of methoxy groups -OCH3 is 2. The van der Waals surface area contributed by atoms with Crippen molar-refractivity contribution in [1.29, 1.82) is 0 Å². The SMILES string of the molecule is COCCCOc1cc(C[C@@H](C[C@H](NC(=O)OC(C)(C)C)[C@@H](O)C[C@@H](C)C(=O)NCC(C)(C)C(N)=O)C(C)C)ccc1OC. The minimum absolute atomic E-state index is 0.0554. The van der Waals surface area contributed by atoms with Gasteiger partial charge in [-0.2, -0.15) is 0 Å². The smallest absolute Gasteiger partial charge is 0.407 e. The third kappa shape index (κ3) is 14.2. The van der Waals surface area contributed by atoms with Crippen molar-refractivity contribution >= 4 is 17.9 Å². The number of hydrogen-bond acceptors (Lipinski definition) is 8. The van der Waals surface area contributed by atoms with Gasteiger partial charge < -0.3 is 40.4 Å². The fourth-order valence-electron chi connectivity index (χ4n) is 4.54. The molecule has 1 rings (SSSR count). The standard InChI is InChI=1S/C33H57N3O8/c1-21(2)24(17-23-12-13-27(42-10)28(18-23)43-15-11-14-41-9)19-25(36-31(40)44-32(4,5)6)26(37)16-22(3)29(38)35-20-33(7,8)30(34)39/h12-13,18,21-22,24-26,37H,11,14-17,19-20H2,1-10H3,(H2,34,39)(H,35,38)(H,36,40)/t22-,24+,25+,26+/m1/s1. The molecule has 0 saturated carbocycles. The topological polar surface area (TPSA) is 158 Å². The van der Waals surface area contributed by atoms with Crippen LogP contribution < -0.4 is 25.8 Å². The summed E-state index contributed by atoms with van der Waals surface area (Å²) >= 11 is 0. The molecule has 0 bridgehead atoms. The number of alkyl carbamates (subject to hydrolysis) is 1. The zero-order valence-electron chi connectivity index (χ0n) is 28.5. The maximum absolute atomic E-state index is 12.8. The summed E-state index contributed by atoms with van der Waals surface area (Å²) in [7, 11) is 3.25. The Bertz CT molecular complexity index is 1050. The Morgan fingerprint density at radius 1 is 0.977 bits per heavy atom. The second-order valence-corrected chi connectivity index (χ2v) is 13.5. The van der Waals surface area contributed by atoms with E-state index in [2.05, 4.69) is 24.5 Å². The molecule has 0 unspecified atom stereocenters. The number of ether oxygens (including phenoxy) is 4. The zero-order chi connectivity index (χ0) is 33.7. The van der Waals surface area contributed by atoms with Crippen molar-refractivity contribution in [1.82, 2.24) is 10.6 Å². The molecule has 1 aromatic carbocycles. The number of primary amides is 1. The van der Waals surface area contributed by atoms with Crippen LogP contribution >= 0.6 is 0 Å². The summed E-state index contributed by atoms with van der Waals surface area (Å²) in [6.07, 6.45) is 0.263. The number of amides is 3. The molecule has 44 heavy (non-hydrogen) atoms. The molecule has 1 aromatic rings. The third-order valence-electron chi connectivity index (χ3n) is 7.56. The first kappa shape index (κ1) is 39.0. The van der Waals surface area contributed by atoms with E-state index in [-0.39, 0.29) is 30.7 Å². The van der Waals surface area contributed by atoms with E-state index in [4.69, 9.17) is 24.7 Å². The van der Waals surface area contributed by atoms with E-state index >= 15 is 0 Å². The maximum Gasteiger partial charge on any atom is 0.407 e. The Morgan fingerprint density at radius 3 is 2.18 bits per heavy atom. The number of carbonyl (C=O) groups is 3. The van der Waals surface area contributed by atoms with E-state index in [9.17, 15) is 19.5 Å². The first-order valence-electron chi connectivity index (χ1n) is 15.4. The zero-order valence-corrected chi connectivity index (χ0v) is 28.5. The van der Waals surface area contributed by atoms with Gasteiger partial charge in [0.15, 0.2) is 11.5 Å². The van der Waals surface area contributed by atoms with Gasteiger partial charge in [-0.3, -0.25) is 9.59 Å². The van der Waals surface area contributed by atoms with Gasteiger partial charge in [0.25, 0.3) is 0 Å². The summed E-state index contributed by atoms with van der Waals surface area (Å²) < 4.78 is 22.1. The summed E-state index contributed by atoms with van der Waals surface area (Å²) in [6, 6.07) is 5.15. The van der Waals surface area contributed by atoms with Gasteiger partial charge in [0.05, 0.1) is 31.3 Å². The van der Waals surface area contributed by atoms with Crippen LogP contribution in [0.4, 0.5) is 4.79 Å². The minimum Gasteiger partial charge on any atom is -0.493 e. The molecular weight excluding hydrogens is 566 g/mol. The highest BCUT2D eigenvalue weighted by molar-refractivity contribution is 5.82. The van der Waals surface area contributed by atoms with E-state index in [1.807, 2.05) is 18.2 Å². The normalized spacial score (nSPS) is 14.7. The van der Waals surface area contributed by atoms with E-state index in [0.29, 0.717) is 37.6 Å². The highest BCUT2D eigenvalue weighted by Crippen LogP contribution is 2.32. The van der Waals surface area contributed by atoms with E-state index in [1.54, 1.807) is 55.8 Å². The fraction of sp³-hybridized carbons (Fsp3) is 0.727. The van der Waals surface area contributed by atoms with Crippen molar-refractivity contribution in [2.75, 3.05) is 34.0 Å². The molecule has 0 aliphatic carbocycles. The van der Waals surface area contributed by atoms with E-state index in [1.165, 1.54) is 0 Å². The molecule has 0 aliphatic rings. The fourth-order valence-corrected chi connectivity index (χ4v) is 4.54. The highest BCUT2D eigenvalue weighted by Gasteiger charge is 2.32. The highest BCUT2D eigenvalue weighted by atomic mass is 16.6. The predicted molar refractivity (Wildman–Crippen MR) is 171 cm³/mol. The lowest BCUT2D eigenvalue weighted by Gasteiger charge is -2.32. The van der Waals surface area contributed by atoms with Crippen LogP contribution in [0.15, 0.2) is 18.2 Å². The number of aliphatic hydroxyl groups is 1. The average molecular weight is 624 g/mol. The van der Waals surface area contributed by atoms with Crippen molar-refractivity contribution in [3.63, 3.8) is 0 Å². The van der Waals surface area contributed by atoms with Gasteiger partial charge in [-0.05, 0) is 83.4 Å². The molecule has 11 heteroatoms. The van der Waals surface area contributed by atoms with Crippen LogP contribution in [0, 0.1) is 23.2 Å². The molecular formula is C33H57N3O8. The predicted octanol–water partition coefficient (Wildman–Crippen LogP) is 4.22. The van der Waals surface area contributed by atoms with Gasteiger partial charge in [-0.15, -0.1) is 0 Å². The summed E-state index contributed by atoms with van der Waals surface area (Å²) in [5.41, 5.74) is 4.82.